The summed E-state index contributed by atoms with van der Waals surface area (Å²) in [7, 11) is 3.55. The zero-order valence-corrected chi connectivity index (χ0v) is 14.3. The summed E-state index contributed by atoms with van der Waals surface area (Å²) in [5.41, 5.74) is 2.91. The first kappa shape index (κ1) is 16.2. The van der Waals surface area contributed by atoms with Crippen molar-refractivity contribution in [2.45, 2.75) is 60.8 Å². The van der Waals surface area contributed by atoms with Crippen molar-refractivity contribution in [1.82, 2.24) is 0 Å². The van der Waals surface area contributed by atoms with Crippen LogP contribution in [0.15, 0.2) is 14.9 Å². The maximum absolute atomic E-state index is 4.70. The molecule has 0 amide bonds. The van der Waals surface area contributed by atoms with Crippen molar-refractivity contribution in [3.63, 3.8) is 0 Å². The van der Waals surface area contributed by atoms with Crippen molar-refractivity contribution in [3.8, 4) is 0 Å². The van der Waals surface area contributed by atoms with Gasteiger partial charge in [-0.25, -0.2) is 4.40 Å². The second kappa shape index (κ2) is 7.64. The Labute approximate surface area is 121 Å². The summed E-state index contributed by atoms with van der Waals surface area (Å²) >= 11 is 0. The van der Waals surface area contributed by atoms with Gasteiger partial charge in [0, 0.05) is 15.9 Å². The molecule has 1 aliphatic rings. The highest BCUT2D eigenvalue weighted by molar-refractivity contribution is 8.77. The number of hydrogen-bond donors (Lipinski definition) is 0. The van der Waals surface area contributed by atoms with E-state index in [1.165, 1.54) is 18.6 Å². The van der Waals surface area contributed by atoms with E-state index >= 15 is 0 Å². The van der Waals surface area contributed by atoms with Gasteiger partial charge in [-0.2, -0.15) is 0 Å². The lowest BCUT2D eigenvalue weighted by molar-refractivity contribution is 0.625. The van der Waals surface area contributed by atoms with Crippen LogP contribution in [0.25, 0.3) is 0 Å². The predicted molar refractivity (Wildman–Crippen MR) is 88.0 cm³/mol. The monoisotopic (exact) mass is 285 g/mol. The Morgan fingerprint density at radius 1 is 0.833 bits per heavy atom. The molecule has 0 bridgehead atoms. The van der Waals surface area contributed by atoms with Crippen molar-refractivity contribution in [2.75, 3.05) is 0 Å². The van der Waals surface area contributed by atoms with Gasteiger partial charge in [-0.1, -0.05) is 41.5 Å². The molecule has 0 radical (unpaired) electrons. The highest BCUT2D eigenvalue weighted by Crippen LogP contribution is 2.43. The molecule has 1 aliphatic heterocycles. The first-order chi connectivity index (χ1) is 8.40. The van der Waals surface area contributed by atoms with Gasteiger partial charge in [-0.05, 0) is 53.4 Å². The predicted octanol–water partition coefficient (Wildman–Crippen LogP) is 6.13. The van der Waals surface area contributed by atoms with Crippen molar-refractivity contribution in [3.05, 3.63) is 10.5 Å². The van der Waals surface area contributed by atoms with E-state index in [1.807, 2.05) is 10.8 Å². The van der Waals surface area contributed by atoms with Crippen LogP contribution >= 0.6 is 21.8 Å². The molecule has 1 rings (SSSR count). The Morgan fingerprint density at radius 3 is 1.89 bits per heavy atom. The molecule has 0 aromatic carbocycles. The molecule has 0 saturated heterocycles. The zero-order chi connectivity index (χ0) is 13.7. The lowest BCUT2D eigenvalue weighted by Gasteiger charge is -2.23. The van der Waals surface area contributed by atoms with Crippen molar-refractivity contribution < 1.29 is 0 Å². The SMILES string of the molecule is CC(C)CC1=NSSC(CC(C)C)=C1CC(C)C. The first-order valence-electron chi connectivity index (χ1n) is 7.03. The molecule has 0 N–H and O–H groups in total. The lowest BCUT2D eigenvalue weighted by atomic mass is 9.92. The van der Waals surface area contributed by atoms with E-state index in [9.17, 15) is 0 Å². The lowest BCUT2D eigenvalue weighted by Crippen LogP contribution is -2.13. The first-order valence-corrected chi connectivity index (χ1v) is 9.13. The summed E-state index contributed by atoms with van der Waals surface area (Å²) in [5, 5.41) is 0. The van der Waals surface area contributed by atoms with E-state index in [2.05, 4.69) is 41.5 Å². The Morgan fingerprint density at radius 2 is 1.39 bits per heavy atom. The third-order valence-electron chi connectivity index (χ3n) is 2.78. The van der Waals surface area contributed by atoms with Crippen LogP contribution in [0.1, 0.15) is 60.8 Å². The molecule has 0 aliphatic carbocycles. The van der Waals surface area contributed by atoms with Crippen LogP contribution in [0.4, 0.5) is 0 Å². The molecule has 0 spiro atoms. The van der Waals surface area contributed by atoms with Crippen LogP contribution in [0.5, 0.6) is 0 Å². The van der Waals surface area contributed by atoms with E-state index in [0.29, 0.717) is 11.8 Å². The minimum atomic E-state index is 0.690. The number of hydrogen-bond acceptors (Lipinski definition) is 3. The van der Waals surface area contributed by atoms with Gasteiger partial charge < -0.3 is 0 Å². The smallest absolute Gasteiger partial charge is 0.0539 e. The van der Waals surface area contributed by atoms with Crippen LogP contribution in [-0.4, -0.2) is 5.71 Å². The van der Waals surface area contributed by atoms with Gasteiger partial charge in [0.05, 0.1) is 5.71 Å². The van der Waals surface area contributed by atoms with Gasteiger partial charge in [0.25, 0.3) is 0 Å². The molecule has 0 atom stereocenters. The molecule has 0 aromatic rings. The Kier molecular flexibility index (Phi) is 6.86. The third-order valence-corrected chi connectivity index (χ3v) is 4.81. The Hall–Kier alpha value is 0.110. The number of nitrogens with zero attached hydrogens (tertiary/aromatic N) is 1. The van der Waals surface area contributed by atoms with Crippen LogP contribution in [0.3, 0.4) is 0 Å². The second-order valence-electron chi connectivity index (χ2n) is 6.39. The van der Waals surface area contributed by atoms with Gasteiger partial charge in [0.2, 0.25) is 0 Å². The molecule has 0 aromatic heterocycles. The zero-order valence-electron chi connectivity index (χ0n) is 12.6. The maximum atomic E-state index is 4.70. The van der Waals surface area contributed by atoms with E-state index < -0.39 is 0 Å². The fourth-order valence-corrected chi connectivity index (χ4v) is 4.35. The summed E-state index contributed by atoms with van der Waals surface area (Å²) in [6.45, 7) is 13.8. The molecular formula is C15H27NS2. The van der Waals surface area contributed by atoms with Gasteiger partial charge in [0.1, 0.15) is 0 Å². The van der Waals surface area contributed by atoms with E-state index in [-0.39, 0.29) is 0 Å². The fraction of sp³-hybridized carbons (Fsp3) is 0.800. The quantitative estimate of drug-likeness (QED) is 0.430. The van der Waals surface area contributed by atoms with Crippen LogP contribution in [0, 0.1) is 17.8 Å². The number of allylic oxidation sites excluding steroid dienone is 2. The van der Waals surface area contributed by atoms with Crippen molar-refractivity contribution in [1.29, 1.82) is 0 Å². The third kappa shape index (κ3) is 5.40. The van der Waals surface area contributed by atoms with Crippen molar-refractivity contribution >= 4 is 27.5 Å². The summed E-state index contributed by atoms with van der Waals surface area (Å²) in [4.78, 5) is 1.58. The fourth-order valence-electron chi connectivity index (χ4n) is 2.09. The van der Waals surface area contributed by atoms with Gasteiger partial charge in [0.15, 0.2) is 0 Å². The highest BCUT2D eigenvalue weighted by Gasteiger charge is 2.21. The molecule has 18 heavy (non-hydrogen) atoms. The van der Waals surface area contributed by atoms with E-state index in [1.54, 1.807) is 21.5 Å². The molecule has 3 heteroatoms. The van der Waals surface area contributed by atoms with Crippen LogP contribution in [-0.2, 0) is 0 Å². The Balaban J connectivity index is 2.94. The van der Waals surface area contributed by atoms with Crippen molar-refractivity contribution in [2.24, 2.45) is 22.2 Å². The average Bonchev–Trinajstić information content (AvgIpc) is 2.20. The van der Waals surface area contributed by atoms with Gasteiger partial charge >= 0.3 is 0 Å². The molecule has 0 fully saturated rings. The standard InChI is InChI=1S/C15H27NS2/c1-10(2)7-13-14(8-11(3)4)16-18-17-15(13)9-12(5)6/h10-12H,7-9H2,1-6H3. The normalized spacial score (nSPS) is 17.1. The summed E-state index contributed by atoms with van der Waals surface area (Å²) in [5.74, 6) is 2.13. The molecule has 1 heterocycles. The topological polar surface area (TPSA) is 12.4 Å². The molecular weight excluding hydrogens is 258 g/mol. The average molecular weight is 286 g/mol. The Bertz CT molecular complexity index is 327. The molecule has 0 saturated carbocycles. The summed E-state index contributed by atoms with van der Waals surface area (Å²) < 4.78 is 4.70. The molecule has 104 valence electrons. The molecule has 0 unspecified atom stereocenters. The largest absolute Gasteiger partial charge is 0.209 e. The summed E-state index contributed by atoms with van der Waals surface area (Å²) in [6, 6.07) is 0. The second-order valence-corrected chi connectivity index (χ2v) is 8.33. The number of rotatable bonds is 6. The minimum Gasteiger partial charge on any atom is -0.209 e. The molecule has 1 nitrogen and oxygen atoms in total. The van der Waals surface area contributed by atoms with Gasteiger partial charge in [-0.3, -0.25) is 0 Å². The van der Waals surface area contributed by atoms with Crippen LogP contribution in [0.2, 0.25) is 0 Å². The summed E-state index contributed by atoms with van der Waals surface area (Å²) in [6.07, 6.45) is 3.51. The maximum Gasteiger partial charge on any atom is 0.0539 e. The minimum absolute atomic E-state index is 0.690. The van der Waals surface area contributed by atoms with Crippen LogP contribution < -0.4 is 0 Å². The highest BCUT2D eigenvalue weighted by atomic mass is 33.1. The van der Waals surface area contributed by atoms with E-state index in [0.717, 1.165) is 12.3 Å². The van der Waals surface area contributed by atoms with Gasteiger partial charge in [-0.15, -0.1) is 0 Å². The van der Waals surface area contributed by atoms with E-state index in [4.69, 9.17) is 4.40 Å².